The Bertz CT molecular complexity index is 622. The van der Waals surface area contributed by atoms with Crippen LogP contribution in [0.1, 0.15) is 29.9 Å². The number of rotatable bonds is 5. The van der Waals surface area contributed by atoms with Gasteiger partial charge in [0.05, 0.1) is 12.5 Å². The van der Waals surface area contributed by atoms with Crippen molar-refractivity contribution in [2.45, 2.75) is 19.4 Å². The molecule has 0 radical (unpaired) electrons. The van der Waals surface area contributed by atoms with E-state index in [0.717, 1.165) is 5.56 Å². The Morgan fingerprint density at radius 2 is 2.19 bits per heavy atom. The molecule has 9 heteroatoms. The monoisotopic (exact) mass is 289 g/mol. The first-order valence-electron chi connectivity index (χ1n) is 6.19. The molecule has 9 nitrogen and oxygen atoms in total. The Balaban J connectivity index is 1.93. The minimum Gasteiger partial charge on any atom is -0.409 e. The van der Waals surface area contributed by atoms with Crippen molar-refractivity contribution in [3.8, 4) is 0 Å². The number of hydrogen-bond donors (Lipinski definition) is 4. The maximum Gasteiger partial charge on any atom is 0.225 e. The highest BCUT2D eigenvalue weighted by Crippen LogP contribution is 2.07. The number of aromatic amines is 1. The van der Waals surface area contributed by atoms with Crippen LogP contribution in [0.25, 0.3) is 0 Å². The van der Waals surface area contributed by atoms with E-state index in [9.17, 15) is 4.79 Å². The van der Waals surface area contributed by atoms with E-state index in [1.54, 1.807) is 31.2 Å². The number of nitrogens with two attached hydrogens (primary N) is 1. The summed E-state index contributed by atoms with van der Waals surface area (Å²) in [6.45, 7) is 1.77. The van der Waals surface area contributed by atoms with E-state index < -0.39 is 0 Å². The van der Waals surface area contributed by atoms with E-state index in [2.05, 4.69) is 31.1 Å². The molecule has 0 saturated heterocycles. The highest BCUT2D eigenvalue weighted by atomic mass is 16.4. The van der Waals surface area contributed by atoms with Crippen LogP contribution in [-0.4, -0.2) is 37.6 Å². The number of carbonyl (C=O) groups is 1. The van der Waals surface area contributed by atoms with E-state index in [1.807, 2.05) is 0 Å². The molecule has 0 fully saturated rings. The predicted octanol–water partition coefficient (Wildman–Crippen LogP) is -0.286. The van der Waals surface area contributed by atoms with Gasteiger partial charge in [0.2, 0.25) is 5.91 Å². The summed E-state index contributed by atoms with van der Waals surface area (Å²) in [6.07, 6.45) is 0.207. The summed E-state index contributed by atoms with van der Waals surface area (Å²) in [7, 11) is 0. The number of aromatic nitrogens is 4. The first-order chi connectivity index (χ1) is 10.1. The summed E-state index contributed by atoms with van der Waals surface area (Å²) < 4.78 is 0. The molecule has 0 saturated carbocycles. The summed E-state index contributed by atoms with van der Waals surface area (Å²) in [5.41, 5.74) is 6.86. The van der Waals surface area contributed by atoms with Crippen LogP contribution in [0.5, 0.6) is 0 Å². The average molecular weight is 289 g/mol. The maximum atomic E-state index is 11.9. The fourth-order valence-corrected chi connectivity index (χ4v) is 1.75. The molecule has 1 aromatic heterocycles. The molecule has 21 heavy (non-hydrogen) atoms. The number of tetrazole rings is 1. The van der Waals surface area contributed by atoms with Crippen LogP contribution in [0.3, 0.4) is 0 Å². The second kappa shape index (κ2) is 6.46. The number of amidine groups is 1. The molecular formula is C12H15N7O2. The van der Waals surface area contributed by atoms with E-state index in [0.29, 0.717) is 11.4 Å². The van der Waals surface area contributed by atoms with Crippen LogP contribution in [0.4, 0.5) is 0 Å². The van der Waals surface area contributed by atoms with Crippen LogP contribution >= 0.6 is 0 Å². The van der Waals surface area contributed by atoms with Crippen LogP contribution < -0.4 is 11.1 Å². The van der Waals surface area contributed by atoms with Crippen molar-refractivity contribution in [2.75, 3.05) is 0 Å². The fourth-order valence-electron chi connectivity index (χ4n) is 1.75. The summed E-state index contributed by atoms with van der Waals surface area (Å²) in [6, 6.07) is 6.52. The van der Waals surface area contributed by atoms with Crippen LogP contribution in [-0.2, 0) is 11.2 Å². The summed E-state index contributed by atoms with van der Waals surface area (Å²) >= 11 is 0. The number of oxime groups is 1. The molecule has 1 amide bonds. The van der Waals surface area contributed by atoms with E-state index in [1.165, 1.54) is 0 Å². The molecule has 1 unspecified atom stereocenters. The van der Waals surface area contributed by atoms with Gasteiger partial charge in [-0.15, -0.1) is 10.2 Å². The van der Waals surface area contributed by atoms with Gasteiger partial charge in [0.15, 0.2) is 11.7 Å². The lowest BCUT2D eigenvalue weighted by molar-refractivity contribution is -0.121. The lowest BCUT2D eigenvalue weighted by Crippen LogP contribution is -2.28. The third-order valence-electron chi connectivity index (χ3n) is 2.85. The lowest BCUT2D eigenvalue weighted by Gasteiger charge is -2.10. The van der Waals surface area contributed by atoms with Gasteiger partial charge in [-0.2, -0.15) is 5.21 Å². The molecule has 0 aliphatic heterocycles. The van der Waals surface area contributed by atoms with Gasteiger partial charge < -0.3 is 16.3 Å². The SMILES string of the molecule is CC(NC(=O)Cc1ccc(C(N)=NO)cc1)c1nn[nH]n1. The Kier molecular flexibility index (Phi) is 4.44. The Hall–Kier alpha value is -2.97. The maximum absolute atomic E-state index is 11.9. The summed E-state index contributed by atoms with van der Waals surface area (Å²) in [5.74, 6) is 0.284. The van der Waals surface area contributed by atoms with Crippen molar-refractivity contribution in [3.05, 3.63) is 41.2 Å². The average Bonchev–Trinajstić information content (AvgIpc) is 3.01. The number of amides is 1. The third kappa shape index (κ3) is 3.75. The number of carbonyl (C=O) groups excluding carboxylic acids is 1. The Morgan fingerprint density at radius 3 is 2.76 bits per heavy atom. The van der Waals surface area contributed by atoms with Gasteiger partial charge in [-0.25, -0.2) is 0 Å². The molecule has 5 N–H and O–H groups in total. The zero-order chi connectivity index (χ0) is 15.2. The van der Waals surface area contributed by atoms with Gasteiger partial charge in [0.25, 0.3) is 0 Å². The molecule has 0 spiro atoms. The molecule has 1 aromatic carbocycles. The fraction of sp³-hybridized carbons (Fsp3) is 0.250. The number of hydrogen-bond acceptors (Lipinski definition) is 6. The lowest BCUT2D eigenvalue weighted by atomic mass is 10.1. The van der Waals surface area contributed by atoms with Crippen molar-refractivity contribution in [1.82, 2.24) is 25.9 Å². The van der Waals surface area contributed by atoms with Crippen molar-refractivity contribution in [3.63, 3.8) is 0 Å². The first kappa shape index (κ1) is 14.4. The van der Waals surface area contributed by atoms with Crippen molar-refractivity contribution in [1.29, 1.82) is 0 Å². The highest BCUT2D eigenvalue weighted by Gasteiger charge is 2.13. The zero-order valence-corrected chi connectivity index (χ0v) is 11.3. The van der Waals surface area contributed by atoms with Gasteiger partial charge in [0.1, 0.15) is 0 Å². The van der Waals surface area contributed by atoms with Gasteiger partial charge in [-0.1, -0.05) is 34.6 Å². The highest BCUT2D eigenvalue weighted by molar-refractivity contribution is 5.97. The third-order valence-corrected chi connectivity index (χ3v) is 2.85. The standard InChI is InChI=1S/C12H15N7O2/c1-7(12-15-18-19-16-12)14-10(20)6-8-2-4-9(5-3-8)11(13)17-21/h2-5,7,21H,6H2,1H3,(H2,13,17)(H,14,20)(H,15,16,18,19). The minimum absolute atomic E-state index is 0.0248. The largest absolute Gasteiger partial charge is 0.409 e. The molecule has 2 aromatic rings. The molecule has 0 bridgehead atoms. The molecule has 1 heterocycles. The first-order valence-corrected chi connectivity index (χ1v) is 6.19. The molecular weight excluding hydrogens is 274 g/mol. The quantitative estimate of drug-likeness (QED) is 0.258. The van der Waals surface area contributed by atoms with Gasteiger partial charge in [-0.3, -0.25) is 4.79 Å². The smallest absolute Gasteiger partial charge is 0.225 e. The van der Waals surface area contributed by atoms with E-state index in [-0.39, 0.29) is 24.2 Å². The second-order valence-electron chi connectivity index (χ2n) is 4.42. The van der Waals surface area contributed by atoms with Gasteiger partial charge >= 0.3 is 0 Å². The van der Waals surface area contributed by atoms with Crippen molar-refractivity contribution in [2.24, 2.45) is 10.9 Å². The number of benzene rings is 1. The zero-order valence-electron chi connectivity index (χ0n) is 11.3. The number of H-pyrrole nitrogens is 1. The summed E-state index contributed by atoms with van der Waals surface area (Å²) in [4.78, 5) is 11.9. The summed E-state index contributed by atoms with van der Waals surface area (Å²) in [5, 5.41) is 27.6. The van der Waals surface area contributed by atoms with Crippen LogP contribution in [0.15, 0.2) is 29.4 Å². The second-order valence-corrected chi connectivity index (χ2v) is 4.42. The van der Waals surface area contributed by atoms with E-state index in [4.69, 9.17) is 10.9 Å². The van der Waals surface area contributed by atoms with Crippen LogP contribution in [0.2, 0.25) is 0 Å². The van der Waals surface area contributed by atoms with Crippen molar-refractivity contribution < 1.29 is 10.0 Å². The van der Waals surface area contributed by atoms with E-state index >= 15 is 0 Å². The normalized spacial score (nSPS) is 12.9. The van der Waals surface area contributed by atoms with Crippen molar-refractivity contribution >= 4 is 11.7 Å². The molecule has 0 aliphatic rings. The number of nitrogens with one attached hydrogen (secondary N) is 2. The Morgan fingerprint density at radius 1 is 1.48 bits per heavy atom. The van der Waals surface area contributed by atoms with Gasteiger partial charge in [0, 0.05) is 5.56 Å². The molecule has 110 valence electrons. The molecule has 2 rings (SSSR count). The van der Waals surface area contributed by atoms with Gasteiger partial charge in [-0.05, 0) is 12.5 Å². The topological polar surface area (TPSA) is 142 Å². The molecule has 1 atom stereocenters. The molecule has 0 aliphatic carbocycles. The van der Waals surface area contributed by atoms with Crippen LogP contribution in [0, 0.1) is 0 Å². The minimum atomic E-state index is -0.326. The number of nitrogens with zero attached hydrogens (tertiary/aromatic N) is 4. The predicted molar refractivity (Wildman–Crippen MR) is 73.4 cm³/mol. The Labute approximate surface area is 120 Å².